The molecular formula is C8H7F2NO3S. The van der Waals surface area contributed by atoms with Gasteiger partial charge in [0.15, 0.2) is 6.17 Å². The zero-order chi connectivity index (χ0) is 11.6. The van der Waals surface area contributed by atoms with Crippen LogP contribution in [0.2, 0.25) is 0 Å². The lowest BCUT2D eigenvalue weighted by atomic mass is 9.98. The van der Waals surface area contributed by atoms with E-state index in [0.717, 1.165) is 12.2 Å². The molecule has 7 heteroatoms. The lowest BCUT2D eigenvalue weighted by Gasteiger charge is -2.14. The summed E-state index contributed by atoms with van der Waals surface area (Å²) in [5, 5.41) is 11.0. The first-order chi connectivity index (χ1) is 6.99. The highest BCUT2D eigenvalue weighted by atomic mass is 32.2. The van der Waals surface area contributed by atoms with Crippen LogP contribution < -0.4 is 0 Å². The molecule has 4 nitrogen and oxygen atoms in total. The molecule has 0 spiro atoms. The van der Waals surface area contributed by atoms with Crippen LogP contribution in [0.25, 0.3) is 0 Å². The number of alkyl halides is 1. The molecule has 0 amide bonds. The normalized spacial score (nSPS) is 22.2. The van der Waals surface area contributed by atoms with Crippen molar-refractivity contribution < 1.29 is 22.4 Å². The van der Waals surface area contributed by atoms with Crippen LogP contribution in [-0.4, -0.2) is 30.4 Å². The largest absolute Gasteiger partial charge is 0.411 e. The number of oxime groups is 1. The Morgan fingerprint density at radius 2 is 2.13 bits per heavy atom. The van der Waals surface area contributed by atoms with Crippen LogP contribution >= 0.6 is 0 Å². The molecule has 0 aromatic carbocycles. The minimum absolute atomic E-state index is 0.299. The van der Waals surface area contributed by atoms with Crippen LogP contribution in [-0.2, 0) is 10.3 Å². The summed E-state index contributed by atoms with van der Waals surface area (Å²) in [6.45, 7) is 1.17. The second-order valence-corrected chi connectivity index (χ2v) is 3.72. The van der Waals surface area contributed by atoms with Gasteiger partial charge in [0.1, 0.15) is 10.7 Å². The molecule has 0 aromatic heterocycles. The monoisotopic (exact) mass is 235 g/mol. The molecule has 0 heterocycles. The van der Waals surface area contributed by atoms with Gasteiger partial charge in [0.05, 0.1) is 11.3 Å². The third-order valence-corrected chi connectivity index (χ3v) is 2.61. The minimum Gasteiger partial charge on any atom is -0.411 e. The molecule has 1 unspecified atom stereocenters. The summed E-state index contributed by atoms with van der Waals surface area (Å²) in [5.41, 5.74) is -0.869. The van der Waals surface area contributed by atoms with E-state index in [2.05, 4.69) is 5.16 Å². The second-order valence-electron chi connectivity index (χ2n) is 2.78. The number of nitrogens with zero attached hydrogens (tertiary/aromatic N) is 1. The van der Waals surface area contributed by atoms with Crippen molar-refractivity contribution in [2.75, 3.05) is 0 Å². The molecule has 0 radical (unpaired) electrons. The molecule has 1 atom stereocenters. The fraction of sp³-hybridized carbons (Fsp3) is 0.250. The molecule has 0 fully saturated rings. The first-order valence-corrected chi connectivity index (χ1v) is 4.93. The average Bonchev–Trinajstić information content (AvgIpc) is 2.16. The Kier molecular flexibility index (Phi) is 3.35. The Morgan fingerprint density at radius 1 is 1.53 bits per heavy atom. The van der Waals surface area contributed by atoms with Crippen molar-refractivity contribution >= 4 is 20.9 Å². The molecule has 1 aliphatic carbocycles. The van der Waals surface area contributed by atoms with Gasteiger partial charge in [-0.3, -0.25) is 0 Å². The number of halogens is 2. The average molecular weight is 235 g/mol. The van der Waals surface area contributed by atoms with Crippen molar-refractivity contribution in [3.05, 3.63) is 23.6 Å². The van der Waals surface area contributed by atoms with Crippen molar-refractivity contribution in [2.45, 2.75) is 13.1 Å². The smallest absolute Gasteiger partial charge is 0.220 e. The van der Waals surface area contributed by atoms with Crippen LogP contribution in [0.3, 0.4) is 0 Å². The van der Waals surface area contributed by atoms with Crippen molar-refractivity contribution in [3.8, 4) is 0 Å². The van der Waals surface area contributed by atoms with E-state index in [1.165, 1.54) is 6.92 Å². The first kappa shape index (κ1) is 11.6. The summed E-state index contributed by atoms with van der Waals surface area (Å²) >= 11 is 0. The Bertz CT molecular complexity index is 494. The van der Waals surface area contributed by atoms with Gasteiger partial charge in [-0.15, -0.1) is 0 Å². The minimum atomic E-state index is -2.77. The standard InChI is InChI=1S/C8H7F2NO3S/c1-4(11-12)7-5(9)2-3-6(8(7)10)15(13)14/h2-3,8,12H,1H3. The summed E-state index contributed by atoms with van der Waals surface area (Å²) in [5.74, 6) is -0.952. The van der Waals surface area contributed by atoms with Gasteiger partial charge in [0.25, 0.3) is 0 Å². The Balaban J connectivity index is 3.38. The van der Waals surface area contributed by atoms with Crippen molar-refractivity contribution in [2.24, 2.45) is 5.16 Å². The molecule has 0 saturated carbocycles. The molecule has 0 aliphatic heterocycles. The zero-order valence-electron chi connectivity index (χ0n) is 7.61. The lowest BCUT2D eigenvalue weighted by Crippen LogP contribution is -2.25. The molecule has 0 bridgehead atoms. The van der Waals surface area contributed by atoms with Gasteiger partial charge in [-0.05, 0) is 19.1 Å². The van der Waals surface area contributed by atoms with Crippen molar-refractivity contribution in [3.63, 3.8) is 0 Å². The van der Waals surface area contributed by atoms with E-state index in [4.69, 9.17) is 5.21 Å². The number of hydrogen-bond acceptors (Lipinski definition) is 4. The molecule has 1 N–H and O–H groups in total. The van der Waals surface area contributed by atoms with E-state index in [1.807, 2.05) is 0 Å². The lowest BCUT2D eigenvalue weighted by molar-refractivity contribution is 0.317. The molecule has 0 aromatic rings. The summed E-state index contributed by atoms with van der Waals surface area (Å²) in [6.07, 6.45) is -0.494. The molecule has 1 rings (SSSR count). The molecule has 82 valence electrons. The van der Waals surface area contributed by atoms with Crippen LogP contribution in [0.15, 0.2) is 28.7 Å². The van der Waals surface area contributed by atoms with E-state index in [1.54, 1.807) is 0 Å². The van der Waals surface area contributed by atoms with E-state index >= 15 is 0 Å². The topological polar surface area (TPSA) is 66.7 Å². The van der Waals surface area contributed by atoms with Gasteiger partial charge in [0.2, 0.25) is 10.3 Å². The highest BCUT2D eigenvalue weighted by Gasteiger charge is 2.28. The van der Waals surface area contributed by atoms with Gasteiger partial charge in [-0.25, -0.2) is 8.78 Å². The maximum absolute atomic E-state index is 13.5. The van der Waals surface area contributed by atoms with Gasteiger partial charge in [0, 0.05) is 0 Å². The van der Waals surface area contributed by atoms with Gasteiger partial charge >= 0.3 is 0 Å². The summed E-state index contributed by atoms with van der Waals surface area (Å²) in [6, 6.07) is 0. The Hall–Kier alpha value is -1.50. The second kappa shape index (κ2) is 4.35. The highest BCUT2D eigenvalue weighted by molar-refractivity contribution is 7.73. The molecule has 15 heavy (non-hydrogen) atoms. The molecule has 0 saturated heterocycles. The third kappa shape index (κ3) is 2.12. The first-order valence-electron chi connectivity index (χ1n) is 3.86. The van der Waals surface area contributed by atoms with Gasteiger partial charge in [-0.2, -0.15) is 8.42 Å². The van der Waals surface area contributed by atoms with Crippen LogP contribution in [0, 0.1) is 0 Å². The number of allylic oxidation sites excluding steroid dienone is 4. The maximum Gasteiger partial charge on any atom is 0.220 e. The Labute approximate surface area is 85.7 Å². The molecular weight excluding hydrogens is 228 g/mol. The van der Waals surface area contributed by atoms with Gasteiger partial charge < -0.3 is 5.21 Å². The van der Waals surface area contributed by atoms with Crippen LogP contribution in [0.1, 0.15) is 6.92 Å². The number of rotatable bonds is 1. The predicted molar refractivity (Wildman–Crippen MR) is 51.0 cm³/mol. The van der Waals surface area contributed by atoms with Crippen LogP contribution in [0.5, 0.6) is 0 Å². The Morgan fingerprint density at radius 3 is 2.60 bits per heavy atom. The predicted octanol–water partition coefficient (Wildman–Crippen LogP) is 1.02. The van der Waals surface area contributed by atoms with Crippen molar-refractivity contribution in [1.29, 1.82) is 0 Å². The number of hydrogen-bond donors (Lipinski definition) is 1. The van der Waals surface area contributed by atoms with E-state index in [-0.39, 0.29) is 5.71 Å². The summed E-state index contributed by atoms with van der Waals surface area (Å²) in [4.78, 5) is -0.589. The zero-order valence-corrected chi connectivity index (χ0v) is 8.42. The fourth-order valence-corrected chi connectivity index (χ4v) is 1.61. The fourth-order valence-electron chi connectivity index (χ4n) is 1.14. The van der Waals surface area contributed by atoms with Crippen molar-refractivity contribution in [1.82, 2.24) is 0 Å². The van der Waals surface area contributed by atoms with E-state index in [9.17, 15) is 17.2 Å². The third-order valence-electron chi connectivity index (χ3n) is 1.89. The quantitative estimate of drug-likeness (QED) is 0.319. The van der Waals surface area contributed by atoms with E-state index < -0.39 is 32.7 Å². The SMILES string of the molecule is CC(=NO)C1=C(F)C=CC(=S(=O)=O)C1F. The summed E-state index contributed by atoms with van der Waals surface area (Å²) < 4.78 is 47.7. The maximum atomic E-state index is 13.5. The summed E-state index contributed by atoms with van der Waals surface area (Å²) in [7, 11) is -2.77. The van der Waals surface area contributed by atoms with Gasteiger partial charge in [-0.1, -0.05) is 5.16 Å². The highest BCUT2D eigenvalue weighted by Crippen LogP contribution is 2.22. The van der Waals surface area contributed by atoms with Crippen LogP contribution in [0.4, 0.5) is 8.78 Å². The molecule has 1 aliphatic rings. The van der Waals surface area contributed by atoms with E-state index in [0.29, 0.717) is 0 Å².